The molecule has 0 saturated heterocycles. The molecule has 2 aromatic carbocycles. The van der Waals surface area contributed by atoms with Crippen molar-refractivity contribution in [3.05, 3.63) is 69.5 Å². The number of aryl methyl sites for hydroxylation is 2. The van der Waals surface area contributed by atoms with Crippen molar-refractivity contribution in [3.63, 3.8) is 0 Å². The zero-order valence-electron chi connectivity index (χ0n) is 13.2. The van der Waals surface area contributed by atoms with Crippen LogP contribution in [0.15, 0.2) is 36.4 Å². The minimum Gasteiger partial charge on any atom is -0.212 e. The van der Waals surface area contributed by atoms with Crippen molar-refractivity contribution >= 4 is 21.6 Å². The molecule has 0 spiro atoms. The molecule has 3 nitrogen and oxygen atoms in total. The largest absolute Gasteiger partial charge is 0.216 e. The first-order valence-corrected chi connectivity index (χ1v) is 9.22. The second-order valence-electron chi connectivity index (χ2n) is 5.66. The maximum absolute atomic E-state index is 13.8. The minimum absolute atomic E-state index is 0.0190. The molecule has 0 amide bonds. The lowest BCUT2D eigenvalue weighted by atomic mass is 10.0. The van der Waals surface area contributed by atoms with Crippen LogP contribution in [0.5, 0.6) is 0 Å². The Morgan fingerprint density at radius 1 is 1.22 bits per heavy atom. The van der Waals surface area contributed by atoms with Crippen LogP contribution < -0.4 is 4.72 Å². The predicted molar refractivity (Wildman–Crippen MR) is 91.5 cm³/mol. The highest BCUT2D eigenvalue weighted by molar-refractivity contribution is 7.88. The highest BCUT2D eigenvalue weighted by Crippen LogP contribution is 2.23. The molecular weight excluding hydrogens is 337 g/mol. The molecule has 0 aliphatic heterocycles. The smallest absolute Gasteiger partial charge is 0.212 e. The minimum atomic E-state index is -3.73. The number of hydrogen-bond acceptors (Lipinski definition) is 2. The van der Waals surface area contributed by atoms with E-state index in [1.807, 2.05) is 32.0 Å². The van der Waals surface area contributed by atoms with Gasteiger partial charge >= 0.3 is 0 Å². The van der Waals surface area contributed by atoms with Gasteiger partial charge in [0.2, 0.25) is 10.0 Å². The lowest BCUT2D eigenvalue weighted by molar-refractivity contribution is 0.561. The lowest BCUT2D eigenvalue weighted by Crippen LogP contribution is -2.29. The van der Waals surface area contributed by atoms with Gasteiger partial charge in [0.1, 0.15) is 5.82 Å². The Morgan fingerprint density at radius 3 is 2.52 bits per heavy atom. The summed E-state index contributed by atoms with van der Waals surface area (Å²) in [6.07, 6.45) is 0. The summed E-state index contributed by atoms with van der Waals surface area (Å²) in [5.41, 5.74) is 2.98. The third-order valence-electron chi connectivity index (χ3n) is 3.64. The van der Waals surface area contributed by atoms with Crippen LogP contribution in [0.2, 0.25) is 5.02 Å². The summed E-state index contributed by atoms with van der Waals surface area (Å²) < 4.78 is 41.0. The Labute approximate surface area is 141 Å². The van der Waals surface area contributed by atoms with Crippen molar-refractivity contribution in [1.29, 1.82) is 0 Å². The monoisotopic (exact) mass is 355 g/mol. The van der Waals surface area contributed by atoms with Gasteiger partial charge in [-0.1, -0.05) is 41.4 Å². The SMILES string of the molecule is Cc1ccc([C@H](C)NS(=O)(=O)Cc2c(F)cccc2Cl)c(C)c1. The fourth-order valence-corrected chi connectivity index (χ4v) is 4.28. The third kappa shape index (κ3) is 4.53. The van der Waals surface area contributed by atoms with Gasteiger partial charge in [0.25, 0.3) is 0 Å². The van der Waals surface area contributed by atoms with Crippen molar-refractivity contribution < 1.29 is 12.8 Å². The number of hydrogen-bond donors (Lipinski definition) is 1. The van der Waals surface area contributed by atoms with E-state index >= 15 is 0 Å². The molecule has 0 fully saturated rings. The normalized spacial score (nSPS) is 13.1. The number of benzene rings is 2. The summed E-state index contributed by atoms with van der Waals surface area (Å²) in [6, 6.07) is 9.53. The average Bonchev–Trinajstić information content (AvgIpc) is 2.42. The van der Waals surface area contributed by atoms with Gasteiger partial charge in [-0.15, -0.1) is 0 Å². The fourth-order valence-electron chi connectivity index (χ4n) is 2.55. The topological polar surface area (TPSA) is 46.2 Å². The Bertz CT molecular complexity index is 801. The molecule has 0 bridgehead atoms. The quantitative estimate of drug-likeness (QED) is 0.870. The summed E-state index contributed by atoms with van der Waals surface area (Å²) in [5, 5.41) is 0.106. The van der Waals surface area contributed by atoms with Crippen molar-refractivity contribution in [3.8, 4) is 0 Å². The third-order valence-corrected chi connectivity index (χ3v) is 5.38. The van der Waals surface area contributed by atoms with Gasteiger partial charge in [-0.25, -0.2) is 17.5 Å². The highest BCUT2D eigenvalue weighted by Gasteiger charge is 2.21. The molecule has 124 valence electrons. The molecule has 1 atom stereocenters. The maximum atomic E-state index is 13.8. The molecule has 0 saturated carbocycles. The van der Waals surface area contributed by atoms with Gasteiger partial charge in [0, 0.05) is 16.6 Å². The zero-order valence-corrected chi connectivity index (χ0v) is 14.8. The molecule has 2 rings (SSSR count). The van der Waals surface area contributed by atoms with E-state index in [-0.39, 0.29) is 10.6 Å². The van der Waals surface area contributed by atoms with Crippen molar-refractivity contribution in [2.24, 2.45) is 0 Å². The Balaban J connectivity index is 2.21. The van der Waals surface area contributed by atoms with Gasteiger partial charge in [0.15, 0.2) is 0 Å². The standard InChI is InChI=1S/C17H19ClFNO2S/c1-11-7-8-14(12(2)9-11)13(3)20-23(21,22)10-15-16(18)5-4-6-17(15)19/h4-9,13,20H,10H2,1-3H3/t13-/m0/s1. The van der Waals surface area contributed by atoms with Crippen LogP contribution in [0.25, 0.3) is 0 Å². The first-order chi connectivity index (χ1) is 10.7. The van der Waals surface area contributed by atoms with Crippen LogP contribution in [-0.4, -0.2) is 8.42 Å². The van der Waals surface area contributed by atoms with Gasteiger partial charge in [-0.2, -0.15) is 0 Å². The maximum Gasteiger partial charge on any atom is 0.216 e. The van der Waals surface area contributed by atoms with E-state index < -0.39 is 27.6 Å². The number of nitrogens with one attached hydrogen (secondary N) is 1. The van der Waals surface area contributed by atoms with E-state index in [0.29, 0.717) is 0 Å². The second kappa shape index (κ2) is 6.99. The number of halogens is 2. The average molecular weight is 356 g/mol. The predicted octanol–water partition coefficient (Wildman–Crippen LogP) is 4.28. The van der Waals surface area contributed by atoms with E-state index in [1.165, 1.54) is 18.2 Å². The molecule has 23 heavy (non-hydrogen) atoms. The Kier molecular flexibility index (Phi) is 5.45. The van der Waals surface area contributed by atoms with Crippen LogP contribution in [-0.2, 0) is 15.8 Å². The fraction of sp³-hybridized carbons (Fsp3) is 0.294. The molecule has 2 aromatic rings. The molecule has 6 heteroatoms. The first kappa shape index (κ1) is 17.9. The van der Waals surface area contributed by atoms with Gasteiger partial charge in [0.05, 0.1) is 5.75 Å². The van der Waals surface area contributed by atoms with Crippen LogP contribution in [0.4, 0.5) is 4.39 Å². The van der Waals surface area contributed by atoms with E-state index in [2.05, 4.69) is 4.72 Å². The van der Waals surface area contributed by atoms with Crippen LogP contribution >= 0.6 is 11.6 Å². The summed E-state index contributed by atoms with van der Waals surface area (Å²) in [5.74, 6) is -1.12. The van der Waals surface area contributed by atoms with E-state index in [4.69, 9.17) is 11.6 Å². The highest BCUT2D eigenvalue weighted by atomic mass is 35.5. The van der Waals surface area contributed by atoms with Gasteiger partial charge in [-0.3, -0.25) is 0 Å². The van der Waals surface area contributed by atoms with Crippen molar-refractivity contribution in [1.82, 2.24) is 4.72 Å². The summed E-state index contributed by atoms with van der Waals surface area (Å²) in [4.78, 5) is 0. The molecule has 1 N–H and O–H groups in total. The van der Waals surface area contributed by atoms with Crippen molar-refractivity contribution in [2.75, 3.05) is 0 Å². The summed E-state index contributed by atoms with van der Waals surface area (Å²) >= 11 is 5.90. The molecule has 0 aromatic heterocycles. The van der Waals surface area contributed by atoms with E-state index in [9.17, 15) is 12.8 Å². The van der Waals surface area contributed by atoms with Crippen molar-refractivity contribution in [2.45, 2.75) is 32.6 Å². The van der Waals surface area contributed by atoms with E-state index in [1.54, 1.807) is 6.92 Å². The van der Waals surface area contributed by atoms with Gasteiger partial charge < -0.3 is 0 Å². The summed E-state index contributed by atoms with van der Waals surface area (Å²) in [7, 11) is -3.73. The molecular formula is C17H19ClFNO2S. The molecule has 0 aliphatic carbocycles. The Morgan fingerprint density at radius 2 is 1.91 bits per heavy atom. The van der Waals surface area contributed by atoms with Gasteiger partial charge in [-0.05, 0) is 44.0 Å². The summed E-state index contributed by atoms with van der Waals surface area (Å²) in [6.45, 7) is 5.67. The lowest BCUT2D eigenvalue weighted by Gasteiger charge is -2.17. The van der Waals surface area contributed by atoms with Crippen LogP contribution in [0.1, 0.15) is 35.2 Å². The molecule has 0 heterocycles. The number of sulfonamides is 1. The molecule has 0 aliphatic rings. The molecule has 0 unspecified atom stereocenters. The van der Waals surface area contributed by atoms with Crippen LogP contribution in [0.3, 0.4) is 0 Å². The molecule has 0 radical (unpaired) electrons. The number of rotatable bonds is 5. The zero-order chi connectivity index (χ0) is 17.2. The van der Waals surface area contributed by atoms with E-state index in [0.717, 1.165) is 16.7 Å². The first-order valence-electron chi connectivity index (χ1n) is 7.19. The second-order valence-corrected chi connectivity index (χ2v) is 7.82. The Hall–Kier alpha value is -1.43. The van der Waals surface area contributed by atoms with Crippen LogP contribution in [0, 0.1) is 19.7 Å².